The fourth-order valence-electron chi connectivity index (χ4n) is 1.91. The molecule has 1 aliphatic heterocycles. The molecule has 1 aromatic heterocycles. The number of nitrogens with zero attached hydrogens (tertiary/aromatic N) is 2. The maximum absolute atomic E-state index is 13.0. The molecule has 4 nitrogen and oxygen atoms in total. The van der Waals surface area contributed by atoms with E-state index in [1.54, 1.807) is 0 Å². The second-order valence-electron chi connectivity index (χ2n) is 4.14. The van der Waals surface area contributed by atoms with Gasteiger partial charge in [-0.25, -0.2) is 4.98 Å². The topological polar surface area (TPSA) is 45.6 Å². The summed E-state index contributed by atoms with van der Waals surface area (Å²) in [5, 5.41) is 9.03. The molecule has 1 aromatic rings. The predicted molar refractivity (Wildman–Crippen MR) is 66.0 cm³/mol. The Morgan fingerprint density at radius 3 is 2.89 bits per heavy atom. The third-order valence-electron chi connectivity index (χ3n) is 2.78. The molecule has 0 aromatic carbocycles. The Morgan fingerprint density at radius 1 is 1.53 bits per heavy atom. The third-order valence-corrected chi connectivity index (χ3v) is 3.21. The van der Waals surface area contributed by atoms with Crippen molar-refractivity contribution >= 4 is 21.7 Å². The van der Waals surface area contributed by atoms with Crippen LogP contribution in [0.4, 0.5) is 19.0 Å². The van der Waals surface area contributed by atoms with Gasteiger partial charge in [-0.3, -0.25) is 0 Å². The van der Waals surface area contributed by atoms with E-state index >= 15 is 0 Å². The van der Waals surface area contributed by atoms with Crippen molar-refractivity contribution in [2.45, 2.75) is 12.3 Å². The Bertz CT molecular complexity index is 456. The molecule has 0 aliphatic carbocycles. The van der Waals surface area contributed by atoms with Crippen molar-refractivity contribution < 1.29 is 23.0 Å². The van der Waals surface area contributed by atoms with Crippen molar-refractivity contribution in [1.29, 1.82) is 0 Å². The lowest BCUT2D eigenvalue weighted by Crippen LogP contribution is -2.45. The number of ether oxygens (including phenoxy) is 1. The Kier molecular flexibility index (Phi) is 4.32. The maximum Gasteiger partial charge on any atom is 0.419 e. The average molecular weight is 341 g/mol. The van der Waals surface area contributed by atoms with Crippen molar-refractivity contribution in [2.24, 2.45) is 0 Å². The SMILES string of the molecule is OCC1CN(c2ncc(Br)cc2C(F)(F)F)CCO1. The molecule has 1 aliphatic rings. The van der Waals surface area contributed by atoms with E-state index in [2.05, 4.69) is 20.9 Å². The first kappa shape index (κ1) is 14.5. The Labute approximate surface area is 116 Å². The van der Waals surface area contributed by atoms with Crippen LogP contribution in [0.2, 0.25) is 0 Å². The minimum absolute atomic E-state index is 0.127. The molecule has 1 atom stereocenters. The molecule has 106 valence electrons. The summed E-state index contributed by atoms with van der Waals surface area (Å²) in [5.41, 5.74) is -0.791. The lowest BCUT2D eigenvalue weighted by Gasteiger charge is -2.34. The number of aliphatic hydroxyl groups excluding tert-OH is 1. The van der Waals surface area contributed by atoms with Gasteiger partial charge in [-0.2, -0.15) is 13.2 Å². The van der Waals surface area contributed by atoms with E-state index in [4.69, 9.17) is 9.84 Å². The van der Waals surface area contributed by atoms with Crippen LogP contribution in [0.5, 0.6) is 0 Å². The summed E-state index contributed by atoms with van der Waals surface area (Å²) in [6.07, 6.45) is -3.63. The summed E-state index contributed by atoms with van der Waals surface area (Å²) in [4.78, 5) is 5.34. The van der Waals surface area contributed by atoms with Gasteiger partial charge in [0.2, 0.25) is 0 Å². The van der Waals surface area contributed by atoms with Gasteiger partial charge in [-0.15, -0.1) is 0 Å². The Morgan fingerprint density at radius 2 is 2.26 bits per heavy atom. The Hall–Kier alpha value is -0.860. The van der Waals surface area contributed by atoms with Crippen LogP contribution in [0, 0.1) is 0 Å². The van der Waals surface area contributed by atoms with Crippen LogP contribution in [0.1, 0.15) is 5.56 Å². The van der Waals surface area contributed by atoms with Gasteiger partial charge in [-0.1, -0.05) is 0 Å². The van der Waals surface area contributed by atoms with Crippen molar-refractivity contribution in [2.75, 3.05) is 31.2 Å². The molecule has 0 amide bonds. The zero-order valence-corrected chi connectivity index (χ0v) is 11.4. The molecule has 1 N–H and O–H groups in total. The number of hydrogen-bond acceptors (Lipinski definition) is 4. The van der Waals surface area contributed by atoms with Gasteiger partial charge in [0.25, 0.3) is 0 Å². The van der Waals surface area contributed by atoms with Crippen LogP contribution < -0.4 is 4.90 Å². The standard InChI is InChI=1S/C11H12BrF3N2O2/c12-7-3-9(11(13,14)15)10(16-4-7)17-1-2-19-8(5-17)6-18/h3-4,8,18H,1-2,5-6H2. The minimum Gasteiger partial charge on any atom is -0.394 e. The average Bonchev–Trinajstić information content (AvgIpc) is 2.37. The van der Waals surface area contributed by atoms with E-state index in [1.165, 1.54) is 11.1 Å². The van der Waals surface area contributed by atoms with Crippen LogP contribution in [0.3, 0.4) is 0 Å². The zero-order valence-electron chi connectivity index (χ0n) is 9.82. The van der Waals surface area contributed by atoms with Gasteiger partial charge in [0.1, 0.15) is 5.82 Å². The zero-order chi connectivity index (χ0) is 14.0. The van der Waals surface area contributed by atoms with Crippen LogP contribution in [0.15, 0.2) is 16.7 Å². The van der Waals surface area contributed by atoms with Crippen LogP contribution in [-0.2, 0) is 10.9 Å². The second kappa shape index (κ2) is 5.64. The monoisotopic (exact) mass is 340 g/mol. The summed E-state index contributed by atoms with van der Waals surface area (Å²) < 4.78 is 44.5. The molecule has 0 radical (unpaired) electrons. The van der Waals surface area contributed by atoms with E-state index < -0.39 is 17.8 Å². The largest absolute Gasteiger partial charge is 0.419 e. The molecule has 2 rings (SSSR count). The van der Waals surface area contributed by atoms with Gasteiger partial charge < -0.3 is 14.7 Å². The number of rotatable bonds is 2. The third kappa shape index (κ3) is 3.37. The van der Waals surface area contributed by atoms with Crippen molar-refractivity contribution in [3.63, 3.8) is 0 Å². The predicted octanol–water partition coefficient (Wildman–Crippen LogP) is 2.06. The van der Waals surface area contributed by atoms with Crippen molar-refractivity contribution in [3.05, 3.63) is 22.3 Å². The number of morpholine rings is 1. The molecular formula is C11H12BrF3N2O2. The van der Waals surface area contributed by atoms with Gasteiger partial charge in [0.05, 0.1) is 24.9 Å². The number of aliphatic hydroxyl groups is 1. The smallest absolute Gasteiger partial charge is 0.394 e. The lowest BCUT2D eigenvalue weighted by atomic mass is 10.2. The highest BCUT2D eigenvalue weighted by Crippen LogP contribution is 2.37. The van der Waals surface area contributed by atoms with Gasteiger partial charge in [0, 0.05) is 23.8 Å². The highest BCUT2D eigenvalue weighted by Gasteiger charge is 2.37. The van der Waals surface area contributed by atoms with E-state index in [0.29, 0.717) is 6.54 Å². The molecular weight excluding hydrogens is 329 g/mol. The highest BCUT2D eigenvalue weighted by molar-refractivity contribution is 9.10. The van der Waals surface area contributed by atoms with Crippen molar-refractivity contribution in [1.82, 2.24) is 4.98 Å². The molecule has 1 unspecified atom stereocenters. The maximum atomic E-state index is 13.0. The molecule has 0 saturated carbocycles. The molecule has 1 saturated heterocycles. The number of aromatic nitrogens is 1. The molecule has 0 spiro atoms. The van der Waals surface area contributed by atoms with Crippen LogP contribution in [0.25, 0.3) is 0 Å². The van der Waals surface area contributed by atoms with Crippen LogP contribution in [-0.4, -0.2) is 42.5 Å². The van der Waals surface area contributed by atoms with Crippen molar-refractivity contribution in [3.8, 4) is 0 Å². The van der Waals surface area contributed by atoms with Gasteiger partial charge >= 0.3 is 6.18 Å². The Balaban J connectivity index is 2.33. The van der Waals surface area contributed by atoms with Gasteiger partial charge in [-0.05, 0) is 22.0 Å². The van der Waals surface area contributed by atoms with E-state index in [-0.39, 0.29) is 30.0 Å². The fourth-order valence-corrected chi connectivity index (χ4v) is 2.25. The van der Waals surface area contributed by atoms with E-state index in [9.17, 15) is 13.2 Å². The molecule has 0 bridgehead atoms. The fraction of sp³-hybridized carbons (Fsp3) is 0.545. The normalized spacial score (nSPS) is 20.7. The number of alkyl halides is 3. The van der Waals surface area contributed by atoms with Gasteiger partial charge in [0.15, 0.2) is 0 Å². The number of halogens is 4. The summed E-state index contributed by atoms with van der Waals surface area (Å²) in [5.74, 6) is -0.127. The lowest BCUT2D eigenvalue weighted by molar-refractivity contribution is -0.137. The number of anilines is 1. The summed E-state index contributed by atoms with van der Waals surface area (Å²) in [6.45, 7) is 0.539. The van der Waals surface area contributed by atoms with E-state index in [1.807, 2.05) is 0 Å². The molecule has 2 heterocycles. The minimum atomic E-state index is -4.47. The van der Waals surface area contributed by atoms with Crippen LogP contribution >= 0.6 is 15.9 Å². The second-order valence-corrected chi connectivity index (χ2v) is 5.06. The number of pyridine rings is 1. The summed E-state index contributed by atoms with van der Waals surface area (Å²) in [7, 11) is 0. The number of hydrogen-bond donors (Lipinski definition) is 1. The quantitative estimate of drug-likeness (QED) is 0.895. The first-order valence-corrected chi connectivity index (χ1v) is 6.41. The van der Waals surface area contributed by atoms with E-state index in [0.717, 1.165) is 6.07 Å². The first-order chi connectivity index (χ1) is 8.91. The molecule has 19 heavy (non-hydrogen) atoms. The summed E-state index contributed by atoms with van der Waals surface area (Å²) in [6, 6.07) is 1.01. The highest BCUT2D eigenvalue weighted by atomic mass is 79.9. The summed E-state index contributed by atoms with van der Waals surface area (Å²) >= 11 is 2.99. The first-order valence-electron chi connectivity index (χ1n) is 5.62. The molecule has 1 fully saturated rings. The molecule has 8 heteroatoms.